The molecule has 5 aliphatic rings. The number of benzene rings is 1. The number of morpholine rings is 1. The van der Waals surface area contributed by atoms with E-state index >= 15 is 0 Å². The van der Waals surface area contributed by atoms with Gasteiger partial charge in [0, 0.05) is 43.2 Å². The van der Waals surface area contributed by atoms with Gasteiger partial charge < -0.3 is 14.6 Å². The van der Waals surface area contributed by atoms with Crippen molar-refractivity contribution in [1.82, 2.24) is 19.8 Å². The molecular formula is C30H44N4O. The van der Waals surface area contributed by atoms with E-state index < -0.39 is 0 Å². The molecule has 0 spiro atoms. The number of ether oxygens (including phenoxy) is 1. The van der Waals surface area contributed by atoms with Crippen LogP contribution >= 0.6 is 0 Å². The molecule has 3 saturated heterocycles. The van der Waals surface area contributed by atoms with Crippen molar-refractivity contribution >= 4 is 11.0 Å². The lowest BCUT2D eigenvalue weighted by molar-refractivity contribution is -0.0421. The molecule has 0 radical (unpaired) electrons. The zero-order chi connectivity index (χ0) is 23.2. The predicted octanol–water partition coefficient (Wildman–Crippen LogP) is 5.48. The van der Waals surface area contributed by atoms with Gasteiger partial charge in [-0.2, -0.15) is 0 Å². The number of imidazole rings is 1. The minimum absolute atomic E-state index is 0.379. The van der Waals surface area contributed by atoms with Crippen molar-refractivity contribution in [3.05, 3.63) is 30.1 Å². The van der Waals surface area contributed by atoms with E-state index in [4.69, 9.17) is 9.72 Å². The lowest BCUT2D eigenvalue weighted by Crippen LogP contribution is -2.58. The highest BCUT2D eigenvalue weighted by molar-refractivity contribution is 5.76. The molecule has 5 nitrogen and oxygen atoms in total. The average molecular weight is 477 g/mol. The van der Waals surface area contributed by atoms with Crippen LogP contribution in [0.5, 0.6) is 0 Å². The summed E-state index contributed by atoms with van der Waals surface area (Å²) < 4.78 is 8.47. The Labute approximate surface area is 211 Å². The lowest BCUT2D eigenvalue weighted by Gasteiger charge is -2.54. The van der Waals surface area contributed by atoms with Crippen molar-refractivity contribution in [3.63, 3.8) is 0 Å². The second-order valence-electron chi connectivity index (χ2n) is 12.5. The maximum Gasteiger partial charge on any atom is 0.111 e. The maximum absolute atomic E-state index is 5.79. The van der Waals surface area contributed by atoms with Crippen molar-refractivity contribution in [2.24, 2.45) is 11.8 Å². The van der Waals surface area contributed by atoms with Crippen molar-refractivity contribution < 1.29 is 4.74 Å². The number of nitrogens with one attached hydrogen (secondary N) is 1. The van der Waals surface area contributed by atoms with E-state index in [-0.39, 0.29) is 0 Å². The third-order valence-electron chi connectivity index (χ3n) is 10.2. The van der Waals surface area contributed by atoms with Crippen LogP contribution in [0, 0.1) is 11.8 Å². The van der Waals surface area contributed by atoms with Crippen LogP contribution in [-0.2, 0) is 11.2 Å². The molecule has 1 aromatic carbocycles. The van der Waals surface area contributed by atoms with Crippen molar-refractivity contribution in [1.29, 1.82) is 0 Å². The SMILES string of the molecule is c1ccc2c(c1)nc(C[C@H]1COCCN1)n2C1C[C@H]2CCC[C@@H](C1)N2C1C[C@H]2CCCC[C@@H](C1)C2. The van der Waals surface area contributed by atoms with Gasteiger partial charge in [0.2, 0.25) is 0 Å². The summed E-state index contributed by atoms with van der Waals surface area (Å²) in [6.45, 7) is 2.59. The fraction of sp³-hybridized carbons (Fsp3) is 0.767. The van der Waals surface area contributed by atoms with Gasteiger partial charge in [-0.25, -0.2) is 4.98 Å². The summed E-state index contributed by atoms with van der Waals surface area (Å²) in [5, 5.41) is 3.67. The summed E-state index contributed by atoms with van der Waals surface area (Å²) in [5.41, 5.74) is 2.52. The summed E-state index contributed by atoms with van der Waals surface area (Å²) >= 11 is 0. The minimum Gasteiger partial charge on any atom is -0.379 e. The number of hydrogen-bond acceptors (Lipinski definition) is 4. The first-order valence-corrected chi connectivity index (χ1v) is 14.9. The number of fused-ring (bicyclic) bond motifs is 5. The third kappa shape index (κ3) is 4.46. The summed E-state index contributed by atoms with van der Waals surface area (Å²) in [7, 11) is 0. The van der Waals surface area contributed by atoms with Gasteiger partial charge in [0.1, 0.15) is 5.82 Å². The molecule has 35 heavy (non-hydrogen) atoms. The number of hydrogen-bond donors (Lipinski definition) is 1. The van der Waals surface area contributed by atoms with E-state index in [2.05, 4.69) is 39.0 Å². The molecule has 190 valence electrons. The maximum atomic E-state index is 5.79. The van der Waals surface area contributed by atoms with Crippen LogP contribution in [-0.4, -0.2) is 58.4 Å². The Balaban J connectivity index is 1.16. The predicted molar refractivity (Wildman–Crippen MR) is 141 cm³/mol. The molecule has 3 aliphatic heterocycles. The third-order valence-corrected chi connectivity index (χ3v) is 10.2. The summed E-state index contributed by atoms with van der Waals surface area (Å²) in [5.74, 6) is 3.29. The van der Waals surface area contributed by atoms with Gasteiger partial charge in [-0.3, -0.25) is 4.90 Å². The van der Waals surface area contributed by atoms with Crippen LogP contribution < -0.4 is 5.32 Å². The van der Waals surface area contributed by atoms with Gasteiger partial charge in [-0.1, -0.05) is 44.2 Å². The topological polar surface area (TPSA) is 42.3 Å². The van der Waals surface area contributed by atoms with Crippen molar-refractivity contribution in [3.8, 4) is 0 Å². The Morgan fingerprint density at radius 1 is 0.829 bits per heavy atom. The van der Waals surface area contributed by atoms with Crippen LogP contribution in [0.2, 0.25) is 0 Å². The molecule has 5 heteroatoms. The van der Waals surface area contributed by atoms with Gasteiger partial charge in [0.15, 0.2) is 0 Å². The standard InChI is InChI=1S/C30H44N4O/c1-2-7-22-14-21(6-1)15-26(16-22)33-24-8-5-9-25(33)19-27(18-24)34-29-11-4-3-10-28(29)32-30(34)17-23-20-35-13-12-31-23/h3-4,10-11,21-27,31H,1-2,5-9,12-20H2/t21-,22+,23-,24-,25+,26?,27?/m0/s1. The van der Waals surface area contributed by atoms with Crippen LogP contribution in [0.1, 0.15) is 88.9 Å². The van der Waals surface area contributed by atoms with Crippen LogP contribution in [0.4, 0.5) is 0 Å². The minimum atomic E-state index is 0.379. The van der Waals surface area contributed by atoms with Crippen molar-refractivity contribution in [2.45, 2.75) is 114 Å². The lowest BCUT2D eigenvalue weighted by atomic mass is 9.73. The molecule has 4 heterocycles. The summed E-state index contributed by atoms with van der Waals surface area (Å²) in [4.78, 5) is 8.28. The average Bonchev–Trinajstić information content (AvgIpc) is 3.14. The molecule has 0 amide bonds. The number of aromatic nitrogens is 2. The van der Waals surface area contributed by atoms with Crippen molar-refractivity contribution in [2.75, 3.05) is 19.8 Å². The second kappa shape index (κ2) is 9.79. The van der Waals surface area contributed by atoms with E-state index in [0.29, 0.717) is 12.1 Å². The number of rotatable bonds is 4. The van der Waals surface area contributed by atoms with Crippen LogP contribution in [0.3, 0.4) is 0 Å². The molecule has 2 saturated carbocycles. The Kier molecular flexibility index (Phi) is 6.36. The Bertz CT molecular complexity index is 985. The van der Waals surface area contributed by atoms with E-state index in [1.807, 2.05) is 0 Å². The first-order chi connectivity index (χ1) is 17.3. The van der Waals surface area contributed by atoms with E-state index in [1.54, 1.807) is 0 Å². The quantitative estimate of drug-likeness (QED) is 0.634. The Hall–Kier alpha value is -1.43. The van der Waals surface area contributed by atoms with E-state index in [1.165, 1.54) is 93.9 Å². The number of nitrogens with zero attached hydrogens (tertiary/aromatic N) is 3. The normalized spacial score (nSPS) is 38.3. The second-order valence-corrected chi connectivity index (χ2v) is 12.5. The number of piperidine rings is 2. The first-order valence-electron chi connectivity index (χ1n) is 14.9. The molecule has 7 rings (SSSR count). The van der Waals surface area contributed by atoms with Gasteiger partial charge >= 0.3 is 0 Å². The van der Waals surface area contributed by atoms with Crippen LogP contribution in [0.15, 0.2) is 24.3 Å². The zero-order valence-electron chi connectivity index (χ0n) is 21.4. The number of para-hydroxylation sites is 2. The molecule has 1 N–H and O–H groups in total. The fourth-order valence-electron chi connectivity index (χ4n) is 8.92. The van der Waals surface area contributed by atoms with E-state index in [9.17, 15) is 0 Å². The highest BCUT2D eigenvalue weighted by Crippen LogP contribution is 2.47. The highest BCUT2D eigenvalue weighted by atomic mass is 16.5. The Morgan fingerprint density at radius 3 is 2.34 bits per heavy atom. The summed E-state index contributed by atoms with van der Waals surface area (Å²) in [6.07, 6.45) is 18.3. The van der Waals surface area contributed by atoms with Gasteiger partial charge in [-0.05, 0) is 68.9 Å². The fourth-order valence-corrected chi connectivity index (χ4v) is 8.92. The van der Waals surface area contributed by atoms with Gasteiger partial charge in [-0.15, -0.1) is 0 Å². The molecule has 7 atom stereocenters. The van der Waals surface area contributed by atoms with Gasteiger partial charge in [0.05, 0.1) is 24.2 Å². The molecule has 4 bridgehead atoms. The van der Waals surface area contributed by atoms with Gasteiger partial charge in [0.25, 0.3) is 0 Å². The summed E-state index contributed by atoms with van der Waals surface area (Å²) in [6, 6.07) is 12.2. The van der Waals surface area contributed by atoms with Crippen LogP contribution in [0.25, 0.3) is 11.0 Å². The smallest absolute Gasteiger partial charge is 0.111 e. The first kappa shape index (κ1) is 22.7. The molecule has 2 aliphatic carbocycles. The molecule has 2 unspecified atom stereocenters. The largest absolute Gasteiger partial charge is 0.379 e. The molecular weight excluding hydrogens is 432 g/mol. The van der Waals surface area contributed by atoms with E-state index in [0.717, 1.165) is 56.1 Å². The molecule has 2 aromatic rings. The Morgan fingerprint density at radius 2 is 1.60 bits per heavy atom. The zero-order valence-corrected chi connectivity index (χ0v) is 21.4. The highest BCUT2D eigenvalue weighted by Gasteiger charge is 2.45. The molecule has 1 aromatic heterocycles. The monoisotopic (exact) mass is 476 g/mol. The molecule has 5 fully saturated rings.